The maximum Gasteiger partial charge on any atom is 0.437 e. The van der Waals surface area contributed by atoms with Crippen LogP contribution in [0.1, 0.15) is 11.3 Å². The normalized spacial score (nSPS) is 11.6. The molecule has 0 radical (unpaired) electrons. The van der Waals surface area contributed by atoms with Gasteiger partial charge < -0.3 is 5.32 Å². The number of nitrogens with zero attached hydrogens (tertiary/aromatic N) is 3. The first-order chi connectivity index (χ1) is 10.4. The lowest BCUT2D eigenvalue weighted by molar-refractivity contribution is -0.140. The summed E-state index contributed by atoms with van der Waals surface area (Å²) in [7, 11) is 0. The lowest BCUT2D eigenvalue weighted by Crippen LogP contribution is -2.13. The van der Waals surface area contributed by atoms with Gasteiger partial charge in [0, 0.05) is 6.20 Å². The predicted octanol–water partition coefficient (Wildman–Crippen LogP) is 4.10. The van der Waals surface area contributed by atoms with Crippen molar-refractivity contribution in [3.8, 4) is 0 Å². The van der Waals surface area contributed by atoms with Crippen LogP contribution in [0.3, 0.4) is 0 Å². The van der Waals surface area contributed by atoms with Crippen LogP contribution in [0.5, 0.6) is 0 Å². The van der Waals surface area contributed by atoms with Crippen LogP contribution in [0.4, 0.5) is 24.8 Å². The van der Waals surface area contributed by atoms with Gasteiger partial charge in [0.05, 0.1) is 11.0 Å². The minimum Gasteiger partial charge on any atom is -0.323 e. The number of anilines is 2. The van der Waals surface area contributed by atoms with Gasteiger partial charge in [-0.3, -0.25) is 0 Å². The fourth-order valence-corrected chi connectivity index (χ4v) is 2.01. The summed E-state index contributed by atoms with van der Waals surface area (Å²) in [5.74, 6) is -0.0700. The summed E-state index contributed by atoms with van der Waals surface area (Å²) in [6, 6.07) is 9.80. The van der Waals surface area contributed by atoms with Gasteiger partial charge in [0.25, 0.3) is 0 Å². The monoisotopic (exact) mass is 304 g/mol. The molecule has 3 aromatic rings. The molecule has 0 bridgehead atoms. The molecule has 0 aliphatic carbocycles. The highest BCUT2D eigenvalue weighted by Gasteiger charge is 2.37. The standard InChI is InChI=1S/C15H11F3N4/c1-9-6-7-19-12(8-9)22-14-13(15(16,17)18)20-10-4-2-3-5-11(10)21-14/h2-8H,1H3,(H,19,21,22). The number of aryl methyl sites for hydroxylation is 1. The maximum absolute atomic E-state index is 13.2. The second-order valence-corrected chi connectivity index (χ2v) is 4.75. The zero-order valence-corrected chi connectivity index (χ0v) is 11.5. The van der Waals surface area contributed by atoms with E-state index in [9.17, 15) is 13.2 Å². The zero-order valence-electron chi connectivity index (χ0n) is 11.5. The zero-order chi connectivity index (χ0) is 15.7. The van der Waals surface area contributed by atoms with Gasteiger partial charge in [0.1, 0.15) is 5.82 Å². The first kappa shape index (κ1) is 14.2. The molecule has 0 unspecified atom stereocenters. The number of hydrogen-bond acceptors (Lipinski definition) is 4. The Balaban J connectivity index is 2.13. The summed E-state index contributed by atoms with van der Waals surface area (Å²) < 4.78 is 39.6. The van der Waals surface area contributed by atoms with Crippen LogP contribution in [0.15, 0.2) is 42.6 Å². The average molecular weight is 304 g/mol. The number of alkyl halides is 3. The van der Waals surface area contributed by atoms with Gasteiger partial charge in [-0.25, -0.2) is 15.0 Å². The number of aromatic nitrogens is 3. The smallest absolute Gasteiger partial charge is 0.323 e. The Hall–Kier alpha value is -2.70. The molecule has 0 aliphatic rings. The SMILES string of the molecule is Cc1ccnc(Nc2nc3ccccc3nc2C(F)(F)F)c1. The fourth-order valence-electron chi connectivity index (χ4n) is 2.01. The third-order valence-electron chi connectivity index (χ3n) is 3.00. The molecule has 2 heterocycles. The van der Waals surface area contributed by atoms with Crippen LogP contribution < -0.4 is 5.32 Å². The van der Waals surface area contributed by atoms with Crippen molar-refractivity contribution in [2.24, 2.45) is 0 Å². The van der Waals surface area contributed by atoms with Crippen molar-refractivity contribution >= 4 is 22.7 Å². The van der Waals surface area contributed by atoms with E-state index >= 15 is 0 Å². The van der Waals surface area contributed by atoms with Crippen molar-refractivity contribution in [2.75, 3.05) is 5.32 Å². The molecule has 0 atom stereocenters. The molecule has 0 saturated heterocycles. The molecular formula is C15H11F3N4. The van der Waals surface area contributed by atoms with Crippen LogP contribution in [0.25, 0.3) is 11.0 Å². The number of halogens is 3. The molecule has 3 rings (SSSR count). The Kier molecular flexibility index (Phi) is 3.40. The Morgan fingerprint density at radius 2 is 1.68 bits per heavy atom. The van der Waals surface area contributed by atoms with Gasteiger partial charge in [-0.05, 0) is 36.8 Å². The number of pyridine rings is 1. The highest BCUT2D eigenvalue weighted by atomic mass is 19.4. The number of fused-ring (bicyclic) bond motifs is 1. The van der Waals surface area contributed by atoms with E-state index in [4.69, 9.17) is 0 Å². The van der Waals surface area contributed by atoms with Gasteiger partial charge >= 0.3 is 6.18 Å². The largest absolute Gasteiger partial charge is 0.437 e. The summed E-state index contributed by atoms with van der Waals surface area (Å²) in [5, 5.41) is 2.61. The quantitative estimate of drug-likeness (QED) is 0.774. The Bertz CT molecular complexity index is 830. The van der Waals surface area contributed by atoms with E-state index in [1.807, 2.05) is 6.92 Å². The van der Waals surface area contributed by atoms with E-state index < -0.39 is 11.9 Å². The summed E-state index contributed by atoms with van der Waals surface area (Å²) in [6.45, 7) is 1.82. The van der Waals surface area contributed by atoms with Crippen LogP contribution in [0, 0.1) is 6.92 Å². The number of benzene rings is 1. The highest BCUT2D eigenvalue weighted by molar-refractivity contribution is 5.77. The van der Waals surface area contributed by atoms with Gasteiger partial charge in [-0.15, -0.1) is 0 Å². The first-order valence-corrected chi connectivity index (χ1v) is 6.47. The van der Waals surface area contributed by atoms with Gasteiger partial charge in [0.2, 0.25) is 0 Å². The van der Waals surface area contributed by atoms with Crippen molar-refractivity contribution in [3.63, 3.8) is 0 Å². The molecular weight excluding hydrogens is 293 g/mol. The third kappa shape index (κ3) is 2.83. The lowest BCUT2D eigenvalue weighted by Gasteiger charge is -2.13. The number of para-hydroxylation sites is 2. The van der Waals surface area contributed by atoms with Crippen molar-refractivity contribution in [3.05, 3.63) is 53.9 Å². The molecule has 0 saturated carbocycles. The second-order valence-electron chi connectivity index (χ2n) is 4.75. The maximum atomic E-state index is 13.2. The van der Waals surface area contributed by atoms with E-state index in [-0.39, 0.29) is 17.2 Å². The average Bonchev–Trinajstić information content (AvgIpc) is 2.45. The molecule has 1 aromatic carbocycles. The minimum absolute atomic E-state index is 0.192. The van der Waals surface area contributed by atoms with Crippen molar-refractivity contribution in [1.29, 1.82) is 0 Å². The molecule has 112 valence electrons. The Morgan fingerprint density at radius 3 is 2.32 bits per heavy atom. The molecule has 0 amide bonds. The van der Waals surface area contributed by atoms with Gasteiger partial charge in [-0.1, -0.05) is 12.1 Å². The summed E-state index contributed by atoms with van der Waals surface area (Å²) in [4.78, 5) is 11.7. The number of hydrogen-bond donors (Lipinski definition) is 1. The highest BCUT2D eigenvalue weighted by Crippen LogP contribution is 2.34. The number of rotatable bonds is 2. The van der Waals surface area contributed by atoms with E-state index in [2.05, 4.69) is 20.3 Å². The van der Waals surface area contributed by atoms with Crippen molar-refractivity contribution in [2.45, 2.75) is 13.1 Å². The fraction of sp³-hybridized carbons (Fsp3) is 0.133. The second kappa shape index (κ2) is 5.25. The van der Waals surface area contributed by atoms with Crippen LogP contribution in [-0.4, -0.2) is 15.0 Å². The van der Waals surface area contributed by atoms with Crippen molar-refractivity contribution in [1.82, 2.24) is 15.0 Å². The topological polar surface area (TPSA) is 50.7 Å². The molecule has 0 spiro atoms. The molecule has 4 nitrogen and oxygen atoms in total. The van der Waals surface area contributed by atoms with Crippen molar-refractivity contribution < 1.29 is 13.2 Å². The third-order valence-corrected chi connectivity index (χ3v) is 3.00. The summed E-state index contributed by atoms with van der Waals surface area (Å²) >= 11 is 0. The van der Waals surface area contributed by atoms with E-state index in [0.717, 1.165) is 5.56 Å². The minimum atomic E-state index is -4.61. The van der Waals surface area contributed by atoms with Crippen LogP contribution >= 0.6 is 0 Å². The molecule has 0 aliphatic heterocycles. The lowest BCUT2D eigenvalue weighted by atomic mass is 10.2. The van der Waals surface area contributed by atoms with E-state index in [1.54, 1.807) is 30.3 Å². The summed E-state index contributed by atoms with van der Waals surface area (Å²) in [5.41, 5.74) is 0.387. The Labute approximate surface area is 124 Å². The summed E-state index contributed by atoms with van der Waals surface area (Å²) in [6.07, 6.45) is -3.09. The van der Waals surface area contributed by atoms with Gasteiger partial charge in [-0.2, -0.15) is 13.2 Å². The van der Waals surface area contributed by atoms with Crippen LogP contribution in [-0.2, 0) is 6.18 Å². The number of nitrogens with one attached hydrogen (secondary N) is 1. The van der Waals surface area contributed by atoms with E-state index in [1.165, 1.54) is 12.3 Å². The van der Waals surface area contributed by atoms with Gasteiger partial charge in [0.15, 0.2) is 11.5 Å². The predicted molar refractivity (Wildman–Crippen MR) is 76.8 cm³/mol. The van der Waals surface area contributed by atoms with Crippen LogP contribution in [0.2, 0.25) is 0 Å². The molecule has 0 fully saturated rings. The molecule has 22 heavy (non-hydrogen) atoms. The Morgan fingerprint density at radius 1 is 1.00 bits per heavy atom. The van der Waals surface area contributed by atoms with E-state index in [0.29, 0.717) is 5.52 Å². The molecule has 2 aromatic heterocycles. The molecule has 1 N–H and O–H groups in total. The first-order valence-electron chi connectivity index (χ1n) is 6.47. The molecule has 7 heteroatoms.